The number of carbonyl (C=O) groups is 2. The van der Waals surface area contributed by atoms with Crippen LogP contribution in [0.3, 0.4) is 0 Å². The van der Waals surface area contributed by atoms with Crippen molar-refractivity contribution in [3.8, 4) is 11.5 Å². The van der Waals surface area contributed by atoms with Crippen LogP contribution in [0, 0.1) is 0 Å². The van der Waals surface area contributed by atoms with Gasteiger partial charge < -0.3 is 14.2 Å². The summed E-state index contributed by atoms with van der Waals surface area (Å²) < 4.78 is 16.1. The first-order valence-corrected chi connectivity index (χ1v) is 7.90. The lowest BCUT2D eigenvalue weighted by Crippen LogP contribution is -2.26. The van der Waals surface area contributed by atoms with E-state index < -0.39 is 12.1 Å². The molecule has 0 amide bonds. The van der Waals surface area contributed by atoms with Gasteiger partial charge in [-0.3, -0.25) is 9.78 Å². The van der Waals surface area contributed by atoms with E-state index in [1.807, 2.05) is 0 Å². The van der Waals surface area contributed by atoms with Gasteiger partial charge in [0.05, 0.1) is 12.2 Å². The van der Waals surface area contributed by atoms with E-state index in [4.69, 9.17) is 14.2 Å². The Morgan fingerprint density at radius 1 is 1.28 bits per heavy atom. The maximum atomic E-state index is 12.4. The summed E-state index contributed by atoms with van der Waals surface area (Å²) in [5, 5.41) is 0. The molecule has 1 aliphatic heterocycles. The lowest BCUT2D eigenvalue weighted by atomic mass is 10.1. The third kappa shape index (κ3) is 3.68. The van der Waals surface area contributed by atoms with Crippen LogP contribution in [0.25, 0.3) is 6.08 Å². The van der Waals surface area contributed by atoms with Crippen molar-refractivity contribution in [2.24, 2.45) is 0 Å². The van der Waals surface area contributed by atoms with Crippen molar-refractivity contribution in [1.82, 2.24) is 4.98 Å². The largest absolute Gasteiger partial charge is 0.479 e. The quantitative estimate of drug-likeness (QED) is 0.616. The van der Waals surface area contributed by atoms with Crippen molar-refractivity contribution >= 4 is 17.8 Å². The highest BCUT2D eigenvalue weighted by Crippen LogP contribution is 2.35. The van der Waals surface area contributed by atoms with Gasteiger partial charge in [0.25, 0.3) is 0 Å². The van der Waals surface area contributed by atoms with Crippen molar-refractivity contribution < 1.29 is 23.8 Å². The molecule has 0 spiro atoms. The predicted octanol–water partition coefficient (Wildman–Crippen LogP) is 3.03. The number of rotatable bonds is 5. The lowest BCUT2D eigenvalue weighted by Gasteiger charge is -2.13. The summed E-state index contributed by atoms with van der Waals surface area (Å²) in [5.74, 6) is 0.419. The van der Waals surface area contributed by atoms with Crippen LogP contribution in [0.1, 0.15) is 29.8 Å². The van der Waals surface area contributed by atoms with E-state index in [-0.39, 0.29) is 18.1 Å². The second-order valence-corrected chi connectivity index (χ2v) is 5.39. The Labute approximate surface area is 145 Å². The molecule has 1 atom stereocenters. The number of benzene rings is 1. The van der Waals surface area contributed by atoms with E-state index in [1.54, 1.807) is 62.6 Å². The molecule has 0 saturated heterocycles. The van der Waals surface area contributed by atoms with E-state index >= 15 is 0 Å². The van der Waals surface area contributed by atoms with Crippen LogP contribution in [-0.4, -0.2) is 29.4 Å². The van der Waals surface area contributed by atoms with Crippen molar-refractivity contribution in [2.75, 3.05) is 6.61 Å². The number of esters is 1. The zero-order chi connectivity index (χ0) is 17.8. The molecule has 6 heteroatoms. The fraction of sp³-hybridized carbons (Fsp3) is 0.211. The summed E-state index contributed by atoms with van der Waals surface area (Å²) in [6.45, 7) is 3.62. The van der Waals surface area contributed by atoms with Crippen molar-refractivity contribution in [1.29, 1.82) is 0 Å². The Morgan fingerprint density at radius 2 is 2.04 bits per heavy atom. The van der Waals surface area contributed by atoms with E-state index in [1.165, 1.54) is 0 Å². The van der Waals surface area contributed by atoms with Crippen LogP contribution in [0.5, 0.6) is 11.5 Å². The maximum Gasteiger partial charge on any atom is 0.347 e. The summed E-state index contributed by atoms with van der Waals surface area (Å²) >= 11 is 0. The van der Waals surface area contributed by atoms with Crippen molar-refractivity contribution in [2.45, 2.75) is 20.0 Å². The zero-order valence-electron chi connectivity index (χ0n) is 13.9. The van der Waals surface area contributed by atoms with Gasteiger partial charge in [0.2, 0.25) is 5.78 Å². The first-order valence-electron chi connectivity index (χ1n) is 7.90. The molecular formula is C19H17NO5. The van der Waals surface area contributed by atoms with E-state index in [9.17, 15) is 9.59 Å². The molecule has 0 radical (unpaired) electrons. The number of pyridine rings is 1. The molecule has 3 rings (SSSR count). The minimum Gasteiger partial charge on any atom is -0.479 e. The summed E-state index contributed by atoms with van der Waals surface area (Å²) in [6, 6.07) is 8.41. The number of carbonyl (C=O) groups excluding carboxylic acids is 2. The van der Waals surface area contributed by atoms with Crippen molar-refractivity contribution in [3.63, 3.8) is 0 Å². The number of Topliss-reactive ketones (excluding diaryl/α,β-unsaturated/α-hetero) is 1. The van der Waals surface area contributed by atoms with Gasteiger partial charge >= 0.3 is 5.97 Å². The molecule has 2 aromatic rings. The van der Waals surface area contributed by atoms with Gasteiger partial charge in [-0.25, -0.2) is 4.79 Å². The standard InChI is InChI=1S/C19H17NO5/c1-3-23-19(22)12(2)24-14-4-5-15-16(11-14)25-17(18(15)21)10-13-6-8-20-9-7-13/h4-12H,3H2,1-2H3. The highest BCUT2D eigenvalue weighted by molar-refractivity contribution is 6.14. The molecule has 25 heavy (non-hydrogen) atoms. The predicted molar refractivity (Wildman–Crippen MR) is 90.3 cm³/mol. The molecule has 0 N–H and O–H groups in total. The van der Waals surface area contributed by atoms with Crippen LogP contribution >= 0.6 is 0 Å². The van der Waals surface area contributed by atoms with E-state index in [0.29, 0.717) is 17.1 Å². The fourth-order valence-corrected chi connectivity index (χ4v) is 2.36. The Bertz CT molecular complexity index is 829. The first-order chi connectivity index (χ1) is 12.1. The van der Waals surface area contributed by atoms with Crippen LogP contribution in [-0.2, 0) is 9.53 Å². The molecule has 6 nitrogen and oxygen atoms in total. The first kappa shape index (κ1) is 16.7. The second-order valence-electron chi connectivity index (χ2n) is 5.39. The van der Waals surface area contributed by atoms with Gasteiger partial charge in [0, 0.05) is 18.5 Å². The zero-order valence-corrected chi connectivity index (χ0v) is 13.9. The number of aromatic nitrogens is 1. The molecule has 1 aliphatic rings. The van der Waals surface area contributed by atoms with Crippen LogP contribution in [0.2, 0.25) is 0 Å². The van der Waals surface area contributed by atoms with Crippen LogP contribution in [0.4, 0.5) is 0 Å². The number of fused-ring (bicyclic) bond motifs is 1. The summed E-state index contributed by atoms with van der Waals surface area (Å²) in [6.07, 6.45) is 4.19. The monoisotopic (exact) mass is 339 g/mol. The lowest BCUT2D eigenvalue weighted by molar-refractivity contribution is -0.150. The topological polar surface area (TPSA) is 74.7 Å². The van der Waals surface area contributed by atoms with Crippen molar-refractivity contribution in [3.05, 3.63) is 59.6 Å². The van der Waals surface area contributed by atoms with E-state index in [0.717, 1.165) is 5.56 Å². The normalized spacial score (nSPS) is 15.4. The Morgan fingerprint density at radius 3 is 2.76 bits per heavy atom. The minimum atomic E-state index is -0.748. The molecule has 0 saturated carbocycles. The molecule has 1 unspecified atom stereocenters. The van der Waals surface area contributed by atoms with Gasteiger partial charge in [-0.2, -0.15) is 0 Å². The Hall–Kier alpha value is -3.15. The van der Waals surface area contributed by atoms with E-state index in [2.05, 4.69) is 4.98 Å². The molecule has 1 aromatic heterocycles. The minimum absolute atomic E-state index is 0.197. The molecule has 0 aliphatic carbocycles. The third-order valence-corrected chi connectivity index (χ3v) is 3.58. The number of hydrogen-bond donors (Lipinski definition) is 0. The molecule has 1 aromatic carbocycles. The Balaban J connectivity index is 1.78. The number of nitrogens with zero attached hydrogens (tertiary/aromatic N) is 1. The molecule has 0 fully saturated rings. The van der Waals surface area contributed by atoms with Crippen LogP contribution in [0.15, 0.2) is 48.5 Å². The van der Waals surface area contributed by atoms with Gasteiger partial charge in [-0.15, -0.1) is 0 Å². The summed E-state index contributed by atoms with van der Waals surface area (Å²) in [7, 11) is 0. The van der Waals surface area contributed by atoms with Gasteiger partial charge in [-0.1, -0.05) is 0 Å². The summed E-state index contributed by atoms with van der Waals surface area (Å²) in [4.78, 5) is 28.0. The molecular weight excluding hydrogens is 322 g/mol. The highest BCUT2D eigenvalue weighted by atomic mass is 16.6. The second kappa shape index (κ2) is 7.17. The number of ether oxygens (including phenoxy) is 3. The molecule has 0 bridgehead atoms. The number of allylic oxidation sites excluding steroid dienone is 1. The van der Waals surface area contributed by atoms with Gasteiger partial charge in [0.15, 0.2) is 11.9 Å². The van der Waals surface area contributed by atoms with Gasteiger partial charge in [0.1, 0.15) is 11.5 Å². The third-order valence-electron chi connectivity index (χ3n) is 3.58. The molecule has 128 valence electrons. The Kier molecular flexibility index (Phi) is 4.79. The highest BCUT2D eigenvalue weighted by Gasteiger charge is 2.28. The summed E-state index contributed by atoms with van der Waals surface area (Å²) in [5.41, 5.74) is 1.27. The molecule has 2 heterocycles. The average molecular weight is 339 g/mol. The average Bonchev–Trinajstić information content (AvgIpc) is 2.91. The van der Waals surface area contributed by atoms with Gasteiger partial charge in [-0.05, 0) is 49.8 Å². The number of ketones is 1. The SMILES string of the molecule is CCOC(=O)C(C)Oc1ccc2c(c1)OC(=Cc1ccncc1)C2=O. The number of hydrogen-bond acceptors (Lipinski definition) is 6. The smallest absolute Gasteiger partial charge is 0.347 e. The van der Waals surface area contributed by atoms with Crippen LogP contribution < -0.4 is 9.47 Å². The fourth-order valence-electron chi connectivity index (χ4n) is 2.36. The maximum absolute atomic E-state index is 12.4.